The Morgan fingerprint density at radius 1 is 1.20 bits per heavy atom. The summed E-state index contributed by atoms with van der Waals surface area (Å²) >= 11 is 4.90. The number of hydrazone groups is 1. The lowest BCUT2D eigenvalue weighted by atomic mass is 10.2. The molecule has 0 radical (unpaired) electrons. The molecule has 130 valence electrons. The Balaban J connectivity index is 2.12. The summed E-state index contributed by atoms with van der Waals surface area (Å²) < 4.78 is 23.4. The van der Waals surface area contributed by atoms with Crippen molar-refractivity contribution < 1.29 is 18.7 Å². The van der Waals surface area contributed by atoms with Crippen molar-refractivity contribution in [3.8, 4) is 11.5 Å². The fourth-order valence-corrected chi connectivity index (χ4v) is 1.87. The number of carbonyl (C=O) groups is 1. The van der Waals surface area contributed by atoms with Gasteiger partial charge in [0.05, 0.1) is 18.9 Å². The second-order valence-corrected chi connectivity index (χ2v) is 5.16. The first-order valence-electron chi connectivity index (χ1n) is 7.20. The maximum Gasteiger partial charge on any atom is 0.343 e. The van der Waals surface area contributed by atoms with Crippen LogP contribution in [0.25, 0.3) is 0 Å². The van der Waals surface area contributed by atoms with Crippen molar-refractivity contribution >= 4 is 29.5 Å². The molecule has 2 N–H and O–H groups in total. The largest absolute Gasteiger partial charge is 0.493 e. The molecule has 0 aliphatic rings. The number of ether oxygens (including phenoxy) is 2. The van der Waals surface area contributed by atoms with Gasteiger partial charge in [0.1, 0.15) is 5.82 Å². The molecule has 0 aliphatic heterocycles. The molecule has 8 heteroatoms. The van der Waals surface area contributed by atoms with Gasteiger partial charge in [0.15, 0.2) is 16.6 Å². The number of benzene rings is 2. The minimum absolute atomic E-state index is 0.235. The minimum atomic E-state index is -0.610. The van der Waals surface area contributed by atoms with Crippen molar-refractivity contribution in [2.75, 3.05) is 14.2 Å². The number of esters is 1. The quantitative estimate of drug-likeness (QED) is 0.280. The lowest BCUT2D eigenvalue weighted by molar-refractivity contribution is 0.0729. The molecule has 0 fully saturated rings. The molecule has 2 rings (SSSR count). The third-order valence-corrected chi connectivity index (χ3v) is 3.37. The summed E-state index contributed by atoms with van der Waals surface area (Å²) in [4.78, 5) is 12.1. The Kier molecular flexibility index (Phi) is 6.41. The van der Waals surface area contributed by atoms with E-state index >= 15 is 0 Å². The fraction of sp³-hybridized carbons (Fsp3) is 0.118. The van der Waals surface area contributed by atoms with Crippen molar-refractivity contribution in [2.24, 2.45) is 5.10 Å². The van der Waals surface area contributed by atoms with Gasteiger partial charge in [-0.15, -0.1) is 0 Å². The van der Waals surface area contributed by atoms with Crippen molar-refractivity contribution in [1.82, 2.24) is 10.7 Å². The van der Waals surface area contributed by atoms with Crippen molar-refractivity contribution in [1.29, 1.82) is 0 Å². The highest BCUT2D eigenvalue weighted by Gasteiger charge is 2.12. The fourth-order valence-electron chi connectivity index (χ4n) is 1.81. The van der Waals surface area contributed by atoms with E-state index in [1.54, 1.807) is 25.2 Å². The van der Waals surface area contributed by atoms with Crippen LogP contribution in [-0.2, 0) is 0 Å². The Morgan fingerprint density at radius 3 is 2.56 bits per heavy atom. The number of hydrogen-bond acceptors (Lipinski definition) is 5. The molecule has 25 heavy (non-hydrogen) atoms. The summed E-state index contributed by atoms with van der Waals surface area (Å²) in [6.45, 7) is 0. The molecule has 0 saturated heterocycles. The van der Waals surface area contributed by atoms with E-state index in [9.17, 15) is 9.18 Å². The summed E-state index contributed by atoms with van der Waals surface area (Å²) in [5.74, 6) is -0.437. The van der Waals surface area contributed by atoms with Crippen LogP contribution in [0.1, 0.15) is 15.9 Å². The van der Waals surface area contributed by atoms with Crippen LogP contribution >= 0.6 is 12.2 Å². The SMILES string of the molecule is CNC(=S)N/N=C/c1ccc(OC(=O)c2ccc(F)cc2)c(OC)c1. The summed E-state index contributed by atoms with van der Waals surface area (Å²) in [5.41, 5.74) is 3.57. The zero-order chi connectivity index (χ0) is 18.2. The Bertz CT molecular complexity index is 794. The molecular weight excluding hydrogens is 345 g/mol. The van der Waals surface area contributed by atoms with Crippen LogP contribution in [0.2, 0.25) is 0 Å². The minimum Gasteiger partial charge on any atom is -0.493 e. The summed E-state index contributed by atoms with van der Waals surface area (Å²) in [7, 11) is 3.14. The van der Waals surface area contributed by atoms with Crippen molar-refractivity contribution in [3.05, 3.63) is 59.4 Å². The lowest BCUT2D eigenvalue weighted by Crippen LogP contribution is -2.28. The van der Waals surface area contributed by atoms with Crippen LogP contribution in [0.5, 0.6) is 11.5 Å². The average Bonchev–Trinajstić information content (AvgIpc) is 2.63. The second-order valence-electron chi connectivity index (χ2n) is 4.76. The highest BCUT2D eigenvalue weighted by molar-refractivity contribution is 7.80. The number of hydrogen-bond donors (Lipinski definition) is 2. The van der Waals surface area contributed by atoms with Crippen molar-refractivity contribution in [2.45, 2.75) is 0 Å². The normalized spacial score (nSPS) is 10.4. The van der Waals surface area contributed by atoms with E-state index in [1.165, 1.54) is 37.6 Å². The molecule has 2 aromatic rings. The van der Waals surface area contributed by atoms with Gasteiger partial charge in [-0.2, -0.15) is 5.10 Å². The van der Waals surface area contributed by atoms with Crippen molar-refractivity contribution in [3.63, 3.8) is 0 Å². The topological polar surface area (TPSA) is 72.0 Å². The molecule has 0 amide bonds. The van der Waals surface area contributed by atoms with E-state index < -0.39 is 11.8 Å². The highest BCUT2D eigenvalue weighted by atomic mass is 32.1. The number of carbonyl (C=O) groups excluding carboxylic acids is 1. The molecular formula is C17H16FN3O3S. The molecule has 0 aliphatic carbocycles. The molecule has 6 nitrogen and oxygen atoms in total. The van der Waals surface area contributed by atoms with Crippen LogP contribution in [-0.4, -0.2) is 31.5 Å². The number of thiocarbonyl (C=S) groups is 1. The lowest BCUT2D eigenvalue weighted by Gasteiger charge is -2.10. The van der Waals surface area contributed by atoms with Gasteiger partial charge in [-0.05, 0) is 60.2 Å². The van der Waals surface area contributed by atoms with Crippen LogP contribution in [0.15, 0.2) is 47.6 Å². The van der Waals surface area contributed by atoms with Gasteiger partial charge in [-0.1, -0.05) is 0 Å². The van der Waals surface area contributed by atoms with Crippen LogP contribution < -0.4 is 20.2 Å². The smallest absolute Gasteiger partial charge is 0.343 e. The number of nitrogens with zero attached hydrogens (tertiary/aromatic N) is 1. The highest BCUT2D eigenvalue weighted by Crippen LogP contribution is 2.28. The second kappa shape index (κ2) is 8.74. The first kappa shape index (κ1) is 18.3. The Labute approximate surface area is 149 Å². The molecule has 0 bridgehead atoms. The molecule has 0 heterocycles. The molecule has 2 aromatic carbocycles. The molecule has 0 atom stereocenters. The van der Waals surface area contributed by atoms with E-state index in [0.29, 0.717) is 16.4 Å². The zero-order valence-electron chi connectivity index (χ0n) is 13.6. The predicted molar refractivity (Wildman–Crippen MR) is 96.7 cm³/mol. The third kappa shape index (κ3) is 5.25. The number of rotatable bonds is 5. The number of halogens is 1. The van der Waals surface area contributed by atoms with Crippen LogP contribution in [0.4, 0.5) is 4.39 Å². The summed E-state index contributed by atoms with van der Waals surface area (Å²) in [6.07, 6.45) is 1.54. The zero-order valence-corrected chi connectivity index (χ0v) is 14.4. The monoisotopic (exact) mass is 361 g/mol. The van der Waals surface area contributed by atoms with Gasteiger partial charge in [-0.25, -0.2) is 9.18 Å². The maximum absolute atomic E-state index is 12.9. The van der Waals surface area contributed by atoms with Gasteiger partial charge in [0.2, 0.25) is 0 Å². The third-order valence-electron chi connectivity index (χ3n) is 3.08. The van der Waals surface area contributed by atoms with Crippen LogP contribution in [0.3, 0.4) is 0 Å². The Morgan fingerprint density at radius 2 is 1.92 bits per heavy atom. The number of nitrogens with one attached hydrogen (secondary N) is 2. The summed E-state index contributed by atoms with van der Waals surface area (Å²) in [5, 5.41) is 7.06. The van der Waals surface area contributed by atoms with Gasteiger partial charge < -0.3 is 14.8 Å². The van der Waals surface area contributed by atoms with Crippen LogP contribution in [0, 0.1) is 5.82 Å². The number of methoxy groups -OCH3 is 1. The van der Waals surface area contributed by atoms with E-state index in [2.05, 4.69) is 15.8 Å². The molecule has 0 saturated carbocycles. The Hall–Kier alpha value is -3.00. The van der Waals surface area contributed by atoms with E-state index in [1.807, 2.05) is 0 Å². The van der Waals surface area contributed by atoms with Gasteiger partial charge in [0, 0.05) is 7.05 Å². The molecule has 0 spiro atoms. The van der Waals surface area contributed by atoms with Gasteiger partial charge in [0.25, 0.3) is 0 Å². The van der Waals surface area contributed by atoms with Gasteiger partial charge in [-0.3, -0.25) is 5.43 Å². The van der Waals surface area contributed by atoms with E-state index in [0.717, 1.165) is 0 Å². The first-order chi connectivity index (χ1) is 12.0. The standard InChI is InChI=1S/C17H16FN3O3S/c1-19-17(25)21-20-10-11-3-8-14(15(9-11)23-2)24-16(22)12-4-6-13(18)7-5-12/h3-10H,1-2H3,(H2,19,21,25)/b20-10+. The summed E-state index contributed by atoms with van der Waals surface area (Å²) in [6, 6.07) is 10.0. The molecule has 0 aromatic heterocycles. The molecule has 0 unspecified atom stereocenters. The van der Waals surface area contributed by atoms with E-state index in [-0.39, 0.29) is 11.3 Å². The average molecular weight is 361 g/mol. The van der Waals surface area contributed by atoms with E-state index in [4.69, 9.17) is 21.7 Å². The van der Waals surface area contributed by atoms with Gasteiger partial charge >= 0.3 is 5.97 Å². The predicted octanol–water partition coefficient (Wildman–Crippen LogP) is 2.48. The first-order valence-corrected chi connectivity index (χ1v) is 7.61. The maximum atomic E-state index is 12.9.